The van der Waals surface area contributed by atoms with Gasteiger partial charge in [0.25, 0.3) is 5.91 Å². The fourth-order valence-electron chi connectivity index (χ4n) is 2.14. The molecule has 0 atom stereocenters. The van der Waals surface area contributed by atoms with Crippen LogP contribution in [0.1, 0.15) is 10.4 Å². The number of carbonyl (C=O) groups is 1. The van der Waals surface area contributed by atoms with Gasteiger partial charge >= 0.3 is 0 Å². The van der Waals surface area contributed by atoms with Gasteiger partial charge < -0.3 is 15.0 Å². The molecular weight excluding hydrogens is 314 g/mol. The third-order valence-corrected chi connectivity index (χ3v) is 3.49. The van der Waals surface area contributed by atoms with Crippen LogP contribution in [0.5, 0.6) is 0 Å². The van der Waals surface area contributed by atoms with Gasteiger partial charge in [0.15, 0.2) is 0 Å². The lowest BCUT2D eigenvalue weighted by molar-refractivity contribution is 0.0937. The summed E-state index contributed by atoms with van der Waals surface area (Å²) in [4.78, 5) is 18.7. The minimum atomic E-state index is -0.170. The van der Waals surface area contributed by atoms with Crippen LogP contribution in [0, 0.1) is 0 Å². The summed E-state index contributed by atoms with van der Waals surface area (Å²) in [6, 6.07) is 11.1. The van der Waals surface area contributed by atoms with Crippen molar-refractivity contribution < 1.29 is 9.53 Å². The molecule has 0 aliphatic heterocycles. The highest BCUT2D eigenvalue weighted by Crippen LogP contribution is 2.25. The van der Waals surface area contributed by atoms with Crippen molar-refractivity contribution in [3.63, 3.8) is 0 Å². The van der Waals surface area contributed by atoms with Gasteiger partial charge in [-0.05, 0) is 24.3 Å². The molecule has 1 aromatic carbocycles. The van der Waals surface area contributed by atoms with E-state index in [2.05, 4.69) is 10.3 Å². The Labute approximate surface area is 141 Å². The Morgan fingerprint density at radius 2 is 2.09 bits per heavy atom. The number of aromatic nitrogens is 1. The van der Waals surface area contributed by atoms with Gasteiger partial charge in [-0.3, -0.25) is 4.79 Å². The first-order chi connectivity index (χ1) is 11.0. The van der Waals surface area contributed by atoms with Crippen LogP contribution in [0.3, 0.4) is 0 Å². The van der Waals surface area contributed by atoms with Crippen molar-refractivity contribution in [2.75, 3.05) is 39.3 Å². The van der Waals surface area contributed by atoms with Gasteiger partial charge in [0.2, 0.25) is 0 Å². The number of nitrogens with zero attached hydrogens (tertiary/aromatic N) is 2. The quantitative estimate of drug-likeness (QED) is 0.826. The molecule has 2 aromatic rings. The molecular formula is C17H20ClN3O2. The summed E-state index contributed by atoms with van der Waals surface area (Å²) in [5.41, 5.74) is 2.20. The number of pyridine rings is 1. The number of ether oxygens (including phenoxy) is 1. The number of benzene rings is 1. The van der Waals surface area contributed by atoms with Gasteiger partial charge in [-0.2, -0.15) is 0 Å². The summed E-state index contributed by atoms with van der Waals surface area (Å²) in [6.45, 7) is 0.926. The summed E-state index contributed by atoms with van der Waals surface area (Å²) < 4.78 is 4.94. The normalized spacial score (nSPS) is 10.4. The molecule has 0 aliphatic carbocycles. The maximum Gasteiger partial charge on any atom is 0.255 e. The predicted octanol–water partition coefficient (Wildman–Crippen LogP) is 2.84. The number of anilines is 1. The van der Waals surface area contributed by atoms with E-state index in [1.807, 2.05) is 49.3 Å². The zero-order chi connectivity index (χ0) is 16.8. The first-order valence-corrected chi connectivity index (χ1v) is 7.62. The fraction of sp³-hybridized carbons (Fsp3) is 0.294. The smallest absolute Gasteiger partial charge is 0.255 e. The van der Waals surface area contributed by atoms with Crippen LogP contribution in [0.15, 0.2) is 36.4 Å². The zero-order valence-corrected chi connectivity index (χ0v) is 14.2. The first-order valence-electron chi connectivity index (χ1n) is 7.24. The lowest BCUT2D eigenvalue weighted by Gasteiger charge is -2.17. The minimum Gasteiger partial charge on any atom is -0.383 e. The molecule has 122 valence electrons. The second-order valence-corrected chi connectivity index (χ2v) is 5.66. The molecule has 5 nitrogen and oxygen atoms in total. The Kier molecular flexibility index (Phi) is 5.96. The lowest BCUT2D eigenvalue weighted by Crippen LogP contribution is -2.29. The van der Waals surface area contributed by atoms with E-state index in [0.29, 0.717) is 29.6 Å². The number of amides is 1. The van der Waals surface area contributed by atoms with E-state index in [0.717, 1.165) is 11.3 Å². The molecule has 0 unspecified atom stereocenters. The molecule has 0 bridgehead atoms. The SMILES string of the molecule is COCCNC(=O)c1ccc(-c2cccc(Cl)c2)nc1N(C)C. The predicted molar refractivity (Wildman–Crippen MR) is 93.2 cm³/mol. The summed E-state index contributed by atoms with van der Waals surface area (Å²) in [5, 5.41) is 3.46. The van der Waals surface area contributed by atoms with E-state index < -0.39 is 0 Å². The second kappa shape index (κ2) is 7.94. The van der Waals surface area contributed by atoms with Crippen LogP contribution >= 0.6 is 11.6 Å². The van der Waals surface area contributed by atoms with E-state index in [9.17, 15) is 4.79 Å². The van der Waals surface area contributed by atoms with Crippen LogP contribution in [0.25, 0.3) is 11.3 Å². The maximum atomic E-state index is 12.3. The topological polar surface area (TPSA) is 54.5 Å². The standard InChI is InChI=1S/C17H20ClN3O2/c1-21(2)16-14(17(22)19-9-10-23-3)7-8-15(20-16)12-5-4-6-13(18)11-12/h4-8,11H,9-10H2,1-3H3,(H,19,22). The molecule has 0 saturated carbocycles. The molecule has 1 aromatic heterocycles. The monoisotopic (exact) mass is 333 g/mol. The number of hydrogen-bond acceptors (Lipinski definition) is 4. The van der Waals surface area contributed by atoms with Gasteiger partial charge in [-0.25, -0.2) is 4.98 Å². The zero-order valence-electron chi connectivity index (χ0n) is 13.5. The van der Waals surface area contributed by atoms with Gasteiger partial charge in [-0.1, -0.05) is 23.7 Å². The number of rotatable bonds is 6. The maximum absolute atomic E-state index is 12.3. The van der Waals surface area contributed by atoms with E-state index in [-0.39, 0.29) is 5.91 Å². The van der Waals surface area contributed by atoms with E-state index in [1.165, 1.54) is 0 Å². The van der Waals surface area contributed by atoms with Crippen LogP contribution < -0.4 is 10.2 Å². The van der Waals surface area contributed by atoms with Gasteiger partial charge in [-0.15, -0.1) is 0 Å². The second-order valence-electron chi connectivity index (χ2n) is 5.22. The van der Waals surface area contributed by atoms with Crippen molar-refractivity contribution in [3.05, 3.63) is 47.0 Å². The Balaban J connectivity index is 2.33. The van der Waals surface area contributed by atoms with Crippen molar-refractivity contribution >= 4 is 23.3 Å². The highest BCUT2D eigenvalue weighted by molar-refractivity contribution is 6.30. The Hall–Kier alpha value is -2.11. The highest BCUT2D eigenvalue weighted by Gasteiger charge is 2.15. The Bertz CT molecular complexity index is 689. The molecule has 0 saturated heterocycles. The molecule has 1 N–H and O–H groups in total. The van der Waals surface area contributed by atoms with Gasteiger partial charge in [0.1, 0.15) is 5.82 Å². The lowest BCUT2D eigenvalue weighted by atomic mass is 10.1. The van der Waals surface area contributed by atoms with Crippen LogP contribution in [-0.4, -0.2) is 45.2 Å². The third kappa shape index (κ3) is 4.43. The van der Waals surface area contributed by atoms with Crippen molar-refractivity contribution in [1.29, 1.82) is 0 Å². The summed E-state index contributed by atoms with van der Waals surface area (Å²) >= 11 is 6.04. The molecule has 0 fully saturated rings. The molecule has 6 heteroatoms. The first kappa shape index (κ1) is 17.2. The van der Waals surface area contributed by atoms with E-state index in [1.54, 1.807) is 13.2 Å². The molecule has 0 radical (unpaired) electrons. The third-order valence-electron chi connectivity index (χ3n) is 3.26. The van der Waals surface area contributed by atoms with Crippen LogP contribution in [0.2, 0.25) is 5.02 Å². The summed E-state index contributed by atoms with van der Waals surface area (Å²) in [6.07, 6.45) is 0. The number of methoxy groups -OCH3 is 1. The highest BCUT2D eigenvalue weighted by atomic mass is 35.5. The summed E-state index contributed by atoms with van der Waals surface area (Å²) in [7, 11) is 5.31. The Morgan fingerprint density at radius 1 is 1.30 bits per heavy atom. The molecule has 0 spiro atoms. The fourth-order valence-corrected chi connectivity index (χ4v) is 2.33. The van der Waals surface area contributed by atoms with E-state index >= 15 is 0 Å². The largest absolute Gasteiger partial charge is 0.383 e. The van der Waals surface area contributed by atoms with Crippen molar-refractivity contribution in [1.82, 2.24) is 10.3 Å². The number of halogens is 1. The molecule has 2 rings (SSSR count). The number of nitrogens with one attached hydrogen (secondary N) is 1. The average molecular weight is 334 g/mol. The molecule has 1 amide bonds. The molecule has 0 aliphatic rings. The van der Waals surface area contributed by atoms with Crippen molar-refractivity contribution in [2.45, 2.75) is 0 Å². The Morgan fingerprint density at radius 3 is 2.74 bits per heavy atom. The van der Waals surface area contributed by atoms with Crippen molar-refractivity contribution in [3.8, 4) is 11.3 Å². The van der Waals surface area contributed by atoms with Gasteiger partial charge in [0, 0.05) is 38.3 Å². The van der Waals surface area contributed by atoms with Crippen LogP contribution in [0.4, 0.5) is 5.82 Å². The van der Waals surface area contributed by atoms with Crippen LogP contribution in [-0.2, 0) is 4.74 Å². The molecule has 23 heavy (non-hydrogen) atoms. The average Bonchev–Trinajstić information content (AvgIpc) is 2.54. The number of hydrogen-bond donors (Lipinski definition) is 1. The van der Waals surface area contributed by atoms with Crippen molar-refractivity contribution in [2.24, 2.45) is 0 Å². The minimum absolute atomic E-state index is 0.170. The van der Waals surface area contributed by atoms with E-state index in [4.69, 9.17) is 16.3 Å². The molecule has 1 heterocycles. The number of carbonyl (C=O) groups excluding carboxylic acids is 1. The summed E-state index contributed by atoms with van der Waals surface area (Å²) in [5.74, 6) is 0.438. The van der Waals surface area contributed by atoms with Gasteiger partial charge in [0.05, 0.1) is 17.9 Å².